The molecule has 0 aromatic rings. The Morgan fingerprint density at radius 3 is 0.190 bits per heavy atom. The topological polar surface area (TPSA) is 111 Å². The van der Waals surface area contributed by atoms with Crippen LogP contribution in [-0.4, -0.2) is 356 Å². The summed E-state index contributed by atoms with van der Waals surface area (Å²) in [7, 11) is -2.08. The molecular weight excluding hydrogens is 1750 g/mol. The van der Waals surface area contributed by atoms with E-state index in [1.807, 2.05) is 27.4 Å². The molecule has 0 unspecified atom stereocenters. The minimum atomic E-state index is -2.63. The Labute approximate surface area is 767 Å². The van der Waals surface area contributed by atoms with Gasteiger partial charge in [-0.1, -0.05) is 0 Å². The second kappa shape index (κ2) is 49.2. The molecule has 0 aliphatic carbocycles. The Morgan fingerprint density at radius 2 is 0.165 bits per heavy atom. The van der Waals surface area contributed by atoms with Crippen LogP contribution < -0.4 is 0 Å². The van der Waals surface area contributed by atoms with Crippen LogP contribution in [0.1, 0.15) is 270 Å². The van der Waals surface area contributed by atoms with Gasteiger partial charge in [0.25, 0.3) is 0 Å². The van der Waals surface area contributed by atoms with Crippen molar-refractivity contribution in [3.8, 4) is 0 Å². The number of hydrogen-bond donors (Lipinski definition) is 0. The molecule has 754 valence electrons. The van der Waals surface area contributed by atoms with Crippen molar-refractivity contribution in [2.45, 2.75) is 270 Å². The van der Waals surface area contributed by atoms with E-state index in [4.69, 9.17) is 53.3 Å². The standard InChI is InChI=1S/4C21H54BO3P3.C7H18FP/c4*1-13-26(10,14-2,15-3)23-22(24-27(11,16-4,17-5)18-6)25-28(12,19-7,20-8)21-9;1-5-9(4,8,6-2)7-3/h4*13-21H2,1-12H3;5-7H2,1-4H3. The molecule has 0 rings (SSSR count). The van der Waals surface area contributed by atoms with Gasteiger partial charge in [-0.2, -0.15) is 0 Å². The van der Waals surface area contributed by atoms with Crippen LogP contribution in [0.25, 0.3) is 0 Å². The maximum atomic E-state index is 13.8. The van der Waals surface area contributed by atoms with Crippen molar-refractivity contribution in [3.05, 3.63) is 0 Å². The van der Waals surface area contributed by atoms with Gasteiger partial charge in [-0.15, -0.1) is 0 Å². The zero-order chi connectivity index (χ0) is 97.2. The minimum absolute atomic E-state index is 0.521. The van der Waals surface area contributed by atoms with E-state index in [-0.39, 0.29) is 0 Å². The van der Waals surface area contributed by atoms with Crippen LogP contribution in [0.3, 0.4) is 0 Å². The van der Waals surface area contributed by atoms with Crippen molar-refractivity contribution in [2.24, 2.45) is 0 Å². The third-order valence-corrected chi connectivity index (χ3v) is 119. The van der Waals surface area contributed by atoms with Crippen molar-refractivity contribution < 1.29 is 57.5 Å². The molecule has 0 aromatic carbocycles. The van der Waals surface area contributed by atoms with Gasteiger partial charge in [0.15, 0.2) is 0 Å². The second-order valence-electron chi connectivity index (χ2n) is 43.2. The molecular formula is C91H234B4FO12P13. The molecule has 0 N–H and O–H groups in total. The summed E-state index contributed by atoms with van der Waals surface area (Å²) < 4.78 is 98.7. The predicted octanol–water partition coefficient (Wildman–Crippen LogP) is 33.1. The average molecular weight is 1990 g/mol. The molecule has 0 saturated heterocycles. The van der Waals surface area contributed by atoms with Crippen molar-refractivity contribution >= 4 is 118 Å². The van der Waals surface area contributed by atoms with Crippen molar-refractivity contribution in [1.29, 1.82) is 0 Å². The zero-order valence-electron chi connectivity index (χ0n) is 93.0. The van der Waals surface area contributed by atoms with Gasteiger partial charge in [-0.3, -0.25) is 0 Å². The Morgan fingerprint density at radius 1 is 0.116 bits per heavy atom. The van der Waals surface area contributed by atoms with Gasteiger partial charge in [0.1, 0.15) is 0 Å². The van der Waals surface area contributed by atoms with E-state index in [9.17, 15) is 4.20 Å². The average Bonchev–Trinajstić information content (AvgIpc) is 0.757. The van der Waals surface area contributed by atoms with Crippen LogP contribution in [-0.2, 0) is 53.3 Å². The van der Waals surface area contributed by atoms with Gasteiger partial charge in [0.2, 0.25) is 0 Å². The van der Waals surface area contributed by atoms with Gasteiger partial charge in [-0.05, 0) is 0 Å². The van der Waals surface area contributed by atoms with Crippen LogP contribution in [0, 0.1) is 0 Å². The first-order chi connectivity index (χ1) is 54.9. The van der Waals surface area contributed by atoms with Crippen molar-refractivity contribution in [3.63, 3.8) is 0 Å². The third-order valence-electron chi connectivity index (χ3n) is 39.8. The van der Waals surface area contributed by atoms with Crippen LogP contribution in [0.4, 0.5) is 4.20 Å². The molecule has 121 heavy (non-hydrogen) atoms. The second-order valence-corrected chi connectivity index (χ2v) is 127. The van der Waals surface area contributed by atoms with E-state index in [1.54, 1.807) is 0 Å². The summed E-state index contributed by atoms with van der Waals surface area (Å²) in [5, 5.41) is 0. The number of rotatable bonds is 63. The van der Waals surface area contributed by atoms with Gasteiger partial charge in [-0.25, -0.2) is 0 Å². The van der Waals surface area contributed by atoms with E-state index in [2.05, 4.69) is 329 Å². The molecule has 0 aromatic heterocycles. The molecule has 0 heterocycles. The molecule has 0 radical (unpaired) electrons. The zero-order valence-corrected chi connectivity index (χ0v) is 105. The number of halogens is 1. The first-order valence-corrected chi connectivity index (χ1v) is 91.9. The fourth-order valence-corrected chi connectivity index (χ4v) is 46.0. The SMILES string of the molecule is CCP(C)(CC)(CC)OB(OP(C)(CC)(CC)CC)OP(C)(CC)(CC)CC.CCP(C)(CC)(CC)OB(OP(C)(CC)(CC)CC)OP(C)(CC)(CC)CC.CCP(C)(CC)(CC)OB(OP(C)(CC)(CC)CC)OP(C)(CC)(CC)CC.CCP(C)(CC)(CC)OB(OP(C)(CC)(CC)CC)OP(C)(CC)(CC)CC.CCP(C)(F)(CC)CC. The molecule has 0 atom stereocenters. The van der Waals surface area contributed by atoms with E-state index < -0.39 is 118 Å². The molecule has 0 aliphatic rings. The molecule has 0 spiro atoms. The fraction of sp³-hybridized carbons (Fsp3) is 1.00. The first kappa shape index (κ1) is 135. The molecule has 0 aliphatic heterocycles. The third kappa shape index (κ3) is 35.0. The van der Waals surface area contributed by atoms with Crippen LogP contribution in [0.5, 0.6) is 0 Å². The molecule has 30 heteroatoms. The van der Waals surface area contributed by atoms with Gasteiger partial charge >= 0.3 is 773 Å². The van der Waals surface area contributed by atoms with Gasteiger partial charge < -0.3 is 0 Å². The summed E-state index contributed by atoms with van der Waals surface area (Å²) in [5.41, 5.74) is 0. The van der Waals surface area contributed by atoms with E-state index in [0.717, 1.165) is 240 Å². The summed E-state index contributed by atoms with van der Waals surface area (Å²) >= 11 is 0. The van der Waals surface area contributed by atoms with Gasteiger partial charge in [0, 0.05) is 0 Å². The molecule has 12 nitrogen and oxygen atoms in total. The molecule has 0 amide bonds. The molecule has 0 saturated carbocycles. The Kier molecular flexibility index (Phi) is 54.8. The summed E-state index contributed by atoms with van der Waals surface area (Å²) in [4.78, 5) is 0. The fourth-order valence-electron chi connectivity index (χ4n) is 14.9. The monoisotopic (exact) mass is 1990 g/mol. The van der Waals surface area contributed by atoms with Crippen LogP contribution in [0.2, 0.25) is 0 Å². The maximum absolute atomic E-state index is 13.8. The van der Waals surface area contributed by atoms with Crippen molar-refractivity contribution in [2.75, 3.05) is 327 Å². The van der Waals surface area contributed by atoms with Crippen LogP contribution in [0.15, 0.2) is 0 Å². The molecule has 0 bridgehead atoms. The summed E-state index contributed by atoms with van der Waals surface area (Å²) in [6.45, 7) is 88.5. The summed E-state index contributed by atoms with van der Waals surface area (Å²) in [6.07, 6.45) is 41.1. The summed E-state index contributed by atoms with van der Waals surface area (Å²) in [5.74, 6) is 0. The number of hydrogen-bond acceptors (Lipinski definition) is 12. The Hall–Kier alpha value is 5.30. The Balaban J connectivity index is -0.000000477. The van der Waals surface area contributed by atoms with Crippen molar-refractivity contribution in [1.82, 2.24) is 0 Å². The van der Waals surface area contributed by atoms with Gasteiger partial charge in [0.05, 0.1) is 0 Å². The Bertz CT molecular complexity index is 2180. The predicted molar refractivity (Wildman–Crippen MR) is 615 cm³/mol. The van der Waals surface area contributed by atoms with Crippen LogP contribution >= 0.6 is 88.9 Å². The van der Waals surface area contributed by atoms with E-state index in [0.29, 0.717) is 0 Å². The summed E-state index contributed by atoms with van der Waals surface area (Å²) in [6, 6.07) is 0. The van der Waals surface area contributed by atoms with E-state index >= 15 is 0 Å². The molecule has 0 fully saturated rings. The first-order valence-electron chi connectivity index (χ1n) is 50.9. The quantitative estimate of drug-likeness (QED) is 0.0427. The normalized spacial score (nSPS) is 17.7. The van der Waals surface area contributed by atoms with E-state index in [1.165, 1.54) is 0 Å².